The van der Waals surface area contributed by atoms with Gasteiger partial charge in [0.2, 0.25) is 0 Å². The van der Waals surface area contributed by atoms with E-state index in [2.05, 4.69) is 153 Å². The van der Waals surface area contributed by atoms with E-state index in [4.69, 9.17) is 11.6 Å². The summed E-state index contributed by atoms with van der Waals surface area (Å²) in [5, 5.41) is 5.43. The minimum Gasteiger partial charge on any atom is -0.122 e. The van der Waals surface area contributed by atoms with Crippen LogP contribution in [0.3, 0.4) is 0 Å². The summed E-state index contributed by atoms with van der Waals surface area (Å²) >= 11 is 7.05. The van der Waals surface area contributed by atoms with Crippen molar-refractivity contribution in [2.75, 3.05) is 5.88 Å². The zero-order valence-electron chi connectivity index (χ0n) is 21.8. The van der Waals surface area contributed by atoms with Crippen molar-refractivity contribution >= 4 is 41.3 Å². The summed E-state index contributed by atoms with van der Waals surface area (Å²) in [4.78, 5) is 0. The molecule has 0 fully saturated rings. The molecule has 0 unspecified atom stereocenters. The van der Waals surface area contributed by atoms with Gasteiger partial charge in [0.1, 0.15) is 0 Å². The van der Waals surface area contributed by atoms with Gasteiger partial charge in [-0.05, 0) is 53.0 Å². The van der Waals surface area contributed by atoms with Gasteiger partial charge in [-0.3, -0.25) is 0 Å². The van der Waals surface area contributed by atoms with Gasteiger partial charge in [-0.1, -0.05) is 151 Å². The number of allylic oxidation sites excluding steroid dienone is 5. The lowest BCUT2D eigenvalue weighted by molar-refractivity contribution is 0.987. The first-order chi connectivity index (χ1) is 18.2. The Labute approximate surface area is 228 Å². The van der Waals surface area contributed by atoms with Crippen LogP contribution in [0.1, 0.15) is 32.3 Å². The van der Waals surface area contributed by atoms with E-state index >= 15 is 0 Å². The number of hydrogen-bond donors (Lipinski definition) is 0. The maximum Gasteiger partial charge on any atom is 0.177 e. The number of rotatable bonds is 10. The Morgan fingerprint density at radius 1 is 0.649 bits per heavy atom. The molecule has 37 heavy (non-hydrogen) atoms. The van der Waals surface area contributed by atoms with E-state index in [-0.39, 0.29) is 0 Å². The first kappa shape index (κ1) is 26.7. The molecule has 0 aromatic heterocycles. The predicted octanol–water partition coefficient (Wildman–Crippen LogP) is 7.69. The van der Waals surface area contributed by atoms with E-state index in [1.54, 1.807) is 0 Å². The lowest BCUT2D eigenvalue weighted by atomic mass is 10.1. The van der Waals surface area contributed by atoms with Crippen LogP contribution in [0.2, 0.25) is 0 Å². The van der Waals surface area contributed by atoms with E-state index in [1.165, 1.54) is 37.5 Å². The lowest BCUT2D eigenvalue weighted by Crippen LogP contribution is -2.69. The molecule has 0 nitrogen and oxygen atoms in total. The van der Waals surface area contributed by atoms with Gasteiger partial charge in [0, 0.05) is 5.88 Å². The molecule has 0 heterocycles. The van der Waals surface area contributed by atoms with Crippen molar-refractivity contribution in [1.29, 1.82) is 0 Å². The van der Waals surface area contributed by atoms with Crippen LogP contribution in [0.5, 0.6) is 0 Å². The van der Waals surface area contributed by atoms with Crippen LogP contribution >= 0.6 is 11.6 Å². The van der Waals surface area contributed by atoms with Crippen LogP contribution in [0.4, 0.5) is 0 Å². The van der Waals surface area contributed by atoms with E-state index in [9.17, 15) is 0 Å². The second kappa shape index (κ2) is 13.2. The van der Waals surface area contributed by atoms with Crippen molar-refractivity contribution in [3.05, 3.63) is 155 Å². The van der Waals surface area contributed by atoms with Gasteiger partial charge in [0.25, 0.3) is 0 Å². The SMILES string of the molecule is CC(C)=CCCC(/C=C/c1ccccc1)=C(\CCl)[Si](c1ccccc1)(c1ccccc1)c1ccccc1. The van der Waals surface area contributed by atoms with Crippen LogP contribution in [0, 0.1) is 0 Å². The maximum absolute atomic E-state index is 7.05. The van der Waals surface area contributed by atoms with Crippen molar-refractivity contribution in [3.63, 3.8) is 0 Å². The molecule has 2 heteroatoms. The number of alkyl halides is 1. The van der Waals surface area contributed by atoms with E-state index in [1.807, 2.05) is 0 Å². The van der Waals surface area contributed by atoms with Gasteiger partial charge in [-0.25, -0.2) is 0 Å². The molecule has 0 bridgehead atoms. The first-order valence-electron chi connectivity index (χ1n) is 13.0. The predicted molar refractivity (Wildman–Crippen MR) is 166 cm³/mol. The quantitative estimate of drug-likeness (QED) is 0.0663. The van der Waals surface area contributed by atoms with Crippen molar-refractivity contribution in [2.45, 2.75) is 26.7 Å². The van der Waals surface area contributed by atoms with Crippen LogP contribution in [0.25, 0.3) is 6.08 Å². The van der Waals surface area contributed by atoms with Gasteiger partial charge in [0.15, 0.2) is 8.07 Å². The third-order valence-corrected chi connectivity index (χ3v) is 12.3. The van der Waals surface area contributed by atoms with E-state index in [0.29, 0.717) is 5.88 Å². The summed E-state index contributed by atoms with van der Waals surface area (Å²) in [6, 6.07) is 43.6. The number of hydrogen-bond acceptors (Lipinski definition) is 0. The highest BCUT2D eigenvalue weighted by Gasteiger charge is 2.43. The Bertz CT molecular complexity index is 1240. The van der Waals surface area contributed by atoms with Crippen LogP contribution < -0.4 is 15.6 Å². The molecule has 0 atom stereocenters. The van der Waals surface area contributed by atoms with Crippen LogP contribution in [0.15, 0.2) is 150 Å². The Hall–Kier alpha value is -3.39. The zero-order valence-corrected chi connectivity index (χ0v) is 23.5. The monoisotopic (exact) mass is 518 g/mol. The third-order valence-electron chi connectivity index (χ3n) is 6.84. The Kier molecular flexibility index (Phi) is 9.54. The normalized spacial score (nSPS) is 12.3. The second-order valence-electron chi connectivity index (χ2n) is 9.55. The summed E-state index contributed by atoms with van der Waals surface area (Å²) in [5.41, 5.74) is 3.87. The maximum atomic E-state index is 7.05. The highest BCUT2D eigenvalue weighted by molar-refractivity contribution is 7.16. The molecule has 0 spiro atoms. The zero-order chi connectivity index (χ0) is 25.9. The third kappa shape index (κ3) is 6.30. The van der Waals surface area contributed by atoms with Gasteiger partial charge in [-0.15, -0.1) is 11.6 Å². The van der Waals surface area contributed by atoms with Crippen molar-refractivity contribution in [3.8, 4) is 0 Å². The van der Waals surface area contributed by atoms with Gasteiger partial charge >= 0.3 is 0 Å². The fourth-order valence-electron chi connectivity index (χ4n) is 5.13. The molecule has 0 aliphatic heterocycles. The van der Waals surface area contributed by atoms with Gasteiger partial charge < -0.3 is 0 Å². The molecule has 186 valence electrons. The van der Waals surface area contributed by atoms with Crippen LogP contribution in [-0.4, -0.2) is 14.0 Å². The second-order valence-corrected chi connectivity index (χ2v) is 13.7. The molecule has 0 amide bonds. The minimum absolute atomic E-state index is 0.480. The minimum atomic E-state index is -2.66. The first-order valence-corrected chi connectivity index (χ1v) is 15.5. The summed E-state index contributed by atoms with van der Waals surface area (Å²) in [6.07, 6.45) is 8.82. The van der Waals surface area contributed by atoms with Crippen molar-refractivity contribution in [1.82, 2.24) is 0 Å². The molecule has 4 aromatic carbocycles. The largest absolute Gasteiger partial charge is 0.177 e. The fourth-order valence-corrected chi connectivity index (χ4v) is 10.9. The molecule has 0 aliphatic carbocycles. The molecule has 0 saturated heterocycles. The molecule has 4 rings (SSSR count). The van der Waals surface area contributed by atoms with Gasteiger partial charge in [0.05, 0.1) is 0 Å². The molecular formula is C35H35ClSi. The topological polar surface area (TPSA) is 0 Å². The summed E-state index contributed by atoms with van der Waals surface area (Å²) in [7, 11) is -2.66. The number of halogens is 1. The van der Waals surface area contributed by atoms with Gasteiger partial charge in [-0.2, -0.15) is 0 Å². The van der Waals surface area contributed by atoms with Crippen LogP contribution in [-0.2, 0) is 0 Å². The average Bonchev–Trinajstić information content (AvgIpc) is 2.95. The summed E-state index contributed by atoms with van der Waals surface area (Å²) in [5.74, 6) is 0.480. The molecule has 0 N–H and O–H groups in total. The highest BCUT2D eigenvalue weighted by Crippen LogP contribution is 2.26. The molecule has 0 saturated carbocycles. The Morgan fingerprint density at radius 2 is 1.08 bits per heavy atom. The average molecular weight is 519 g/mol. The molecular weight excluding hydrogens is 484 g/mol. The highest BCUT2D eigenvalue weighted by atomic mass is 35.5. The lowest BCUT2D eigenvalue weighted by Gasteiger charge is -2.37. The molecule has 4 aromatic rings. The van der Waals surface area contributed by atoms with Crippen molar-refractivity contribution < 1.29 is 0 Å². The molecule has 0 radical (unpaired) electrons. The fraction of sp³-hybridized carbons (Fsp3) is 0.143. The smallest absolute Gasteiger partial charge is 0.122 e. The number of benzene rings is 4. The Morgan fingerprint density at radius 3 is 1.49 bits per heavy atom. The standard InChI is InChI=1S/C35H35ClSi/c1-29(2)16-15-19-31(27-26-30-17-7-3-8-18-30)35(28-36)37(32-20-9-4-10-21-32,33-22-11-5-12-23-33)34-24-13-6-14-25-34/h3-14,16-18,20-27H,15,19,28H2,1-2H3/b27-26+,35-31-. The Balaban J connectivity index is 2.06. The molecule has 0 aliphatic rings. The van der Waals surface area contributed by atoms with E-state index in [0.717, 1.165) is 12.8 Å². The van der Waals surface area contributed by atoms with Crippen molar-refractivity contribution in [2.24, 2.45) is 0 Å². The summed E-state index contributed by atoms with van der Waals surface area (Å²) < 4.78 is 0. The van der Waals surface area contributed by atoms with E-state index < -0.39 is 8.07 Å². The summed E-state index contributed by atoms with van der Waals surface area (Å²) in [6.45, 7) is 4.34.